The van der Waals surface area contributed by atoms with E-state index in [1.54, 1.807) is 45.0 Å². The molecule has 0 saturated carbocycles. The van der Waals surface area contributed by atoms with Crippen LogP contribution in [0.4, 0.5) is 19.3 Å². The molecule has 1 fully saturated rings. The second-order valence-electron chi connectivity index (χ2n) is 9.71. The summed E-state index contributed by atoms with van der Waals surface area (Å²) in [5.41, 5.74) is -0.117. The molecule has 0 spiro atoms. The van der Waals surface area contributed by atoms with Gasteiger partial charge in [-0.2, -0.15) is 4.98 Å². The van der Waals surface area contributed by atoms with Crippen molar-refractivity contribution in [1.82, 2.24) is 28.7 Å². The van der Waals surface area contributed by atoms with Crippen LogP contribution in [0.15, 0.2) is 35.5 Å². The highest BCUT2D eigenvalue weighted by molar-refractivity contribution is 5.69. The summed E-state index contributed by atoms with van der Waals surface area (Å²) in [7, 11) is 0. The Balaban J connectivity index is 1.43. The zero-order valence-electron chi connectivity index (χ0n) is 20.3. The minimum Gasteiger partial charge on any atom is -0.444 e. The summed E-state index contributed by atoms with van der Waals surface area (Å²) in [6, 6.07) is 2.46. The Morgan fingerprint density at radius 2 is 1.64 bits per heavy atom. The normalized spacial score (nSPS) is 14.6. The van der Waals surface area contributed by atoms with Crippen molar-refractivity contribution in [2.24, 2.45) is 0 Å². The van der Waals surface area contributed by atoms with Crippen LogP contribution in [0.3, 0.4) is 0 Å². The third-order valence-corrected chi connectivity index (χ3v) is 5.78. The Kier molecular flexibility index (Phi) is 5.61. The fourth-order valence-corrected chi connectivity index (χ4v) is 4.14. The Morgan fingerprint density at radius 3 is 2.33 bits per heavy atom. The lowest BCUT2D eigenvalue weighted by Crippen LogP contribution is -2.50. The van der Waals surface area contributed by atoms with Gasteiger partial charge >= 0.3 is 11.8 Å². The number of amides is 1. The van der Waals surface area contributed by atoms with Gasteiger partial charge in [-0.15, -0.1) is 0 Å². The van der Waals surface area contributed by atoms with Crippen molar-refractivity contribution >= 4 is 23.1 Å². The molecule has 0 aromatic carbocycles. The van der Waals surface area contributed by atoms with Crippen molar-refractivity contribution in [3.8, 4) is 11.4 Å². The Labute approximate surface area is 204 Å². The monoisotopic (exact) mass is 497 g/mol. The highest BCUT2D eigenvalue weighted by atomic mass is 19.1. The lowest BCUT2D eigenvalue weighted by molar-refractivity contribution is 0.0240. The molecule has 1 aliphatic heterocycles. The van der Waals surface area contributed by atoms with E-state index in [1.165, 1.54) is 22.7 Å². The number of nitrogens with zero attached hydrogens (tertiary/aromatic N) is 7. The van der Waals surface area contributed by atoms with Crippen LogP contribution in [0.1, 0.15) is 26.5 Å². The summed E-state index contributed by atoms with van der Waals surface area (Å²) in [4.78, 5) is 40.9. The number of rotatable bonds is 2. The maximum absolute atomic E-state index is 15.2. The van der Waals surface area contributed by atoms with Gasteiger partial charge in [0.15, 0.2) is 28.8 Å². The number of imidazole rings is 1. The number of carbonyl (C=O) groups is 1. The average molecular weight is 498 g/mol. The third kappa shape index (κ3) is 4.45. The standard InChI is InChI=1S/C24H25F2N7O3/c1-14-11-32-12-15(9-17(25)20(32)27-14)19-28-21-18(26)10-16(13-33(21)22(34)29-19)30-5-7-31(8-6-30)23(35)36-24(2,3)4/h9-13H,5-8H2,1-4H3. The van der Waals surface area contributed by atoms with E-state index in [-0.39, 0.29) is 22.7 Å². The maximum Gasteiger partial charge on any atom is 0.410 e. The number of hydrogen-bond donors (Lipinski definition) is 0. The van der Waals surface area contributed by atoms with Gasteiger partial charge in [0.05, 0.1) is 11.4 Å². The third-order valence-electron chi connectivity index (χ3n) is 5.78. The van der Waals surface area contributed by atoms with Crippen LogP contribution in [-0.4, -0.2) is 66.5 Å². The van der Waals surface area contributed by atoms with Crippen molar-refractivity contribution in [1.29, 1.82) is 0 Å². The molecule has 4 aromatic rings. The maximum atomic E-state index is 15.2. The molecule has 0 N–H and O–H groups in total. The number of hydrogen-bond acceptors (Lipinski definition) is 7. The molecule has 10 nitrogen and oxygen atoms in total. The first-order chi connectivity index (χ1) is 17.0. The molecule has 5 heterocycles. The molecule has 4 aromatic heterocycles. The molecule has 188 valence electrons. The van der Waals surface area contributed by atoms with E-state index in [0.717, 1.165) is 4.40 Å². The molecule has 5 rings (SSSR count). The van der Waals surface area contributed by atoms with Crippen molar-refractivity contribution in [3.63, 3.8) is 0 Å². The molecular formula is C24H25F2N7O3. The van der Waals surface area contributed by atoms with Crippen molar-refractivity contribution in [2.45, 2.75) is 33.3 Å². The highest BCUT2D eigenvalue weighted by Crippen LogP contribution is 2.23. The number of aryl methyl sites for hydroxylation is 1. The zero-order chi connectivity index (χ0) is 25.8. The van der Waals surface area contributed by atoms with Gasteiger partial charge < -0.3 is 18.9 Å². The molecule has 36 heavy (non-hydrogen) atoms. The quantitative estimate of drug-likeness (QED) is 0.420. The van der Waals surface area contributed by atoms with Crippen LogP contribution in [0.5, 0.6) is 0 Å². The highest BCUT2D eigenvalue weighted by Gasteiger charge is 2.26. The molecule has 1 amide bonds. The van der Waals surface area contributed by atoms with Gasteiger partial charge in [0.2, 0.25) is 0 Å². The summed E-state index contributed by atoms with van der Waals surface area (Å²) in [5, 5.41) is 0. The number of anilines is 1. The number of halogens is 2. The van der Waals surface area contributed by atoms with Crippen LogP contribution in [0.2, 0.25) is 0 Å². The molecule has 0 bridgehead atoms. The molecular weight excluding hydrogens is 472 g/mol. The van der Waals surface area contributed by atoms with Gasteiger partial charge in [-0.25, -0.2) is 32.7 Å². The Bertz CT molecular complexity index is 1550. The summed E-state index contributed by atoms with van der Waals surface area (Å²) in [5.74, 6) is -1.42. The van der Waals surface area contributed by atoms with Crippen LogP contribution in [-0.2, 0) is 4.74 Å². The first-order valence-corrected chi connectivity index (χ1v) is 11.5. The summed E-state index contributed by atoms with van der Waals surface area (Å²) < 4.78 is 37.6. The molecule has 0 radical (unpaired) electrons. The predicted molar refractivity (Wildman–Crippen MR) is 128 cm³/mol. The minimum absolute atomic E-state index is 0.0928. The number of fused-ring (bicyclic) bond motifs is 2. The van der Waals surface area contributed by atoms with Crippen LogP contribution in [0, 0.1) is 18.6 Å². The SMILES string of the molecule is Cc1cn2cc(-c3nc(=O)n4cc(N5CCN(C(=O)OC(C)(C)C)CC5)cc(F)c4n3)cc(F)c2n1. The summed E-state index contributed by atoms with van der Waals surface area (Å²) in [6.07, 6.45) is 4.24. The number of pyridine rings is 2. The lowest BCUT2D eigenvalue weighted by atomic mass is 10.2. The van der Waals surface area contributed by atoms with Gasteiger partial charge in [0, 0.05) is 56.4 Å². The average Bonchev–Trinajstić information content (AvgIpc) is 3.19. The summed E-state index contributed by atoms with van der Waals surface area (Å²) in [6.45, 7) is 8.78. The van der Waals surface area contributed by atoms with E-state index in [4.69, 9.17) is 4.74 Å². The second kappa shape index (κ2) is 8.54. The first kappa shape index (κ1) is 23.6. The van der Waals surface area contributed by atoms with E-state index in [1.807, 2.05) is 4.90 Å². The van der Waals surface area contributed by atoms with E-state index in [0.29, 0.717) is 37.6 Å². The van der Waals surface area contributed by atoms with E-state index in [9.17, 15) is 14.0 Å². The fourth-order valence-electron chi connectivity index (χ4n) is 4.14. The van der Waals surface area contributed by atoms with Gasteiger partial charge in [-0.1, -0.05) is 0 Å². The zero-order valence-corrected chi connectivity index (χ0v) is 20.3. The molecule has 0 unspecified atom stereocenters. The van der Waals surface area contributed by atoms with Crippen molar-refractivity contribution < 1.29 is 18.3 Å². The van der Waals surface area contributed by atoms with Crippen molar-refractivity contribution in [2.75, 3.05) is 31.1 Å². The van der Waals surface area contributed by atoms with Gasteiger partial charge in [-0.05, 0) is 33.8 Å². The smallest absolute Gasteiger partial charge is 0.410 e. The first-order valence-electron chi connectivity index (χ1n) is 11.5. The van der Waals surface area contributed by atoms with E-state index in [2.05, 4.69) is 15.0 Å². The van der Waals surface area contributed by atoms with Gasteiger partial charge in [-0.3, -0.25) is 0 Å². The molecule has 1 aliphatic rings. The molecule has 0 atom stereocenters. The van der Waals surface area contributed by atoms with Crippen molar-refractivity contribution in [3.05, 3.63) is 58.5 Å². The van der Waals surface area contributed by atoms with Gasteiger partial charge in [0.1, 0.15) is 5.60 Å². The van der Waals surface area contributed by atoms with E-state index >= 15 is 4.39 Å². The summed E-state index contributed by atoms with van der Waals surface area (Å²) >= 11 is 0. The number of carbonyl (C=O) groups excluding carboxylic acids is 1. The van der Waals surface area contributed by atoms with Gasteiger partial charge in [0.25, 0.3) is 0 Å². The minimum atomic E-state index is -0.745. The molecule has 0 aliphatic carbocycles. The Morgan fingerprint density at radius 1 is 0.944 bits per heavy atom. The second-order valence-corrected chi connectivity index (χ2v) is 9.71. The molecule has 1 saturated heterocycles. The lowest BCUT2D eigenvalue weighted by Gasteiger charge is -2.36. The fraction of sp³-hybridized carbons (Fsp3) is 0.375. The number of piperazine rings is 1. The number of aromatic nitrogens is 5. The molecule has 12 heteroatoms. The predicted octanol–water partition coefficient (Wildman–Crippen LogP) is 3.05. The van der Waals surface area contributed by atoms with Crippen LogP contribution >= 0.6 is 0 Å². The van der Waals surface area contributed by atoms with E-state index < -0.39 is 29.0 Å². The largest absolute Gasteiger partial charge is 0.444 e. The number of ether oxygens (including phenoxy) is 1. The van der Waals surface area contributed by atoms with Crippen LogP contribution in [0.25, 0.3) is 22.7 Å². The Hall–Kier alpha value is -4.09. The topological polar surface area (TPSA) is 97.3 Å². The van der Waals surface area contributed by atoms with Crippen LogP contribution < -0.4 is 10.6 Å².